The molecule has 0 aliphatic carbocycles. The number of nitrogens with one attached hydrogen (secondary N) is 1. The van der Waals surface area contributed by atoms with Crippen molar-refractivity contribution in [2.75, 3.05) is 11.9 Å². The molecule has 1 aromatic rings. The summed E-state index contributed by atoms with van der Waals surface area (Å²) in [4.78, 5) is 4.20. The Labute approximate surface area is 89.6 Å². The number of hydrogen-bond acceptors (Lipinski definition) is 4. The van der Waals surface area contributed by atoms with E-state index in [1.165, 1.54) is 0 Å². The number of hydrogen-bond donors (Lipinski definition) is 2. The van der Waals surface area contributed by atoms with E-state index >= 15 is 0 Å². The van der Waals surface area contributed by atoms with Crippen molar-refractivity contribution in [3.05, 3.63) is 23.4 Å². The van der Waals surface area contributed by atoms with Gasteiger partial charge in [0.25, 0.3) is 0 Å². The van der Waals surface area contributed by atoms with E-state index in [0.29, 0.717) is 17.9 Å². The van der Waals surface area contributed by atoms with Crippen LogP contribution in [0.5, 0.6) is 0 Å². The summed E-state index contributed by atoms with van der Waals surface area (Å²) in [5, 5.41) is 21.3. The van der Waals surface area contributed by atoms with E-state index in [9.17, 15) is 5.11 Å². The van der Waals surface area contributed by atoms with Crippen LogP contribution < -0.4 is 5.32 Å². The molecule has 0 spiro atoms. The molecule has 0 radical (unpaired) electrons. The number of rotatable bonds is 3. The van der Waals surface area contributed by atoms with Crippen LogP contribution in [0.15, 0.2) is 12.1 Å². The fraction of sp³-hybridized carbons (Fsp3) is 0.455. The highest BCUT2D eigenvalue weighted by Crippen LogP contribution is 2.13. The molecule has 15 heavy (non-hydrogen) atoms. The zero-order valence-corrected chi connectivity index (χ0v) is 9.20. The molecule has 0 aliphatic rings. The molecular formula is C11H15N3O. The number of aliphatic hydroxyl groups is 1. The number of pyridine rings is 1. The quantitative estimate of drug-likeness (QED) is 0.783. The fourth-order valence-corrected chi connectivity index (χ4v) is 1.08. The van der Waals surface area contributed by atoms with Gasteiger partial charge in [0.05, 0.1) is 11.2 Å². The fourth-order valence-electron chi connectivity index (χ4n) is 1.08. The van der Waals surface area contributed by atoms with Gasteiger partial charge < -0.3 is 10.4 Å². The Morgan fingerprint density at radius 3 is 2.73 bits per heavy atom. The van der Waals surface area contributed by atoms with E-state index in [1.54, 1.807) is 26.0 Å². The first-order chi connectivity index (χ1) is 6.92. The lowest BCUT2D eigenvalue weighted by atomic mass is 10.1. The predicted octanol–water partition coefficient (Wildman–Crippen LogP) is 1.44. The van der Waals surface area contributed by atoms with Gasteiger partial charge in [-0.15, -0.1) is 0 Å². The summed E-state index contributed by atoms with van der Waals surface area (Å²) >= 11 is 0. The van der Waals surface area contributed by atoms with Crippen LogP contribution in [0.3, 0.4) is 0 Å². The molecule has 1 heterocycles. The SMILES string of the molecule is Cc1ccc(C#N)c(NCC(C)(C)O)n1. The van der Waals surface area contributed by atoms with Crippen LogP contribution in [0.1, 0.15) is 25.1 Å². The minimum Gasteiger partial charge on any atom is -0.389 e. The highest BCUT2D eigenvalue weighted by Gasteiger charge is 2.13. The predicted molar refractivity (Wildman–Crippen MR) is 58.5 cm³/mol. The summed E-state index contributed by atoms with van der Waals surface area (Å²) in [6.07, 6.45) is 0. The van der Waals surface area contributed by atoms with Crippen molar-refractivity contribution in [1.82, 2.24) is 4.98 Å². The zero-order chi connectivity index (χ0) is 11.5. The maximum Gasteiger partial charge on any atom is 0.144 e. The van der Waals surface area contributed by atoms with Crippen molar-refractivity contribution in [1.29, 1.82) is 5.26 Å². The number of aromatic nitrogens is 1. The monoisotopic (exact) mass is 205 g/mol. The van der Waals surface area contributed by atoms with Crippen molar-refractivity contribution >= 4 is 5.82 Å². The molecule has 1 aromatic heterocycles. The lowest BCUT2D eigenvalue weighted by Gasteiger charge is -2.18. The van der Waals surface area contributed by atoms with Gasteiger partial charge in [0, 0.05) is 12.2 Å². The Morgan fingerprint density at radius 2 is 2.20 bits per heavy atom. The Morgan fingerprint density at radius 1 is 1.53 bits per heavy atom. The van der Waals surface area contributed by atoms with E-state index in [4.69, 9.17) is 5.26 Å². The highest BCUT2D eigenvalue weighted by atomic mass is 16.3. The van der Waals surface area contributed by atoms with Gasteiger partial charge in [0.15, 0.2) is 0 Å². The topological polar surface area (TPSA) is 68.9 Å². The van der Waals surface area contributed by atoms with Crippen molar-refractivity contribution in [2.45, 2.75) is 26.4 Å². The Kier molecular flexibility index (Phi) is 3.28. The average molecular weight is 205 g/mol. The van der Waals surface area contributed by atoms with E-state index in [1.807, 2.05) is 6.92 Å². The zero-order valence-electron chi connectivity index (χ0n) is 9.20. The molecule has 80 valence electrons. The van der Waals surface area contributed by atoms with Crippen molar-refractivity contribution in [3.63, 3.8) is 0 Å². The van der Waals surface area contributed by atoms with Gasteiger partial charge in [-0.2, -0.15) is 5.26 Å². The molecule has 0 aliphatic heterocycles. The second kappa shape index (κ2) is 4.28. The van der Waals surface area contributed by atoms with Crippen LogP contribution in [-0.2, 0) is 0 Å². The summed E-state index contributed by atoms with van der Waals surface area (Å²) in [5.41, 5.74) is 0.509. The summed E-state index contributed by atoms with van der Waals surface area (Å²) in [7, 11) is 0. The van der Waals surface area contributed by atoms with E-state index in [-0.39, 0.29) is 0 Å². The largest absolute Gasteiger partial charge is 0.389 e. The van der Waals surface area contributed by atoms with Crippen LogP contribution >= 0.6 is 0 Å². The smallest absolute Gasteiger partial charge is 0.144 e. The van der Waals surface area contributed by atoms with Crippen LogP contribution in [0, 0.1) is 18.3 Å². The first kappa shape index (κ1) is 11.5. The lowest BCUT2D eigenvalue weighted by Crippen LogP contribution is -2.29. The molecule has 0 amide bonds. The molecule has 0 atom stereocenters. The third-order valence-electron chi connectivity index (χ3n) is 1.84. The first-order valence-corrected chi connectivity index (χ1v) is 4.76. The normalized spacial score (nSPS) is 10.9. The van der Waals surface area contributed by atoms with E-state index < -0.39 is 5.60 Å². The molecule has 4 nitrogen and oxygen atoms in total. The van der Waals surface area contributed by atoms with Gasteiger partial charge in [0.1, 0.15) is 11.9 Å². The third kappa shape index (κ3) is 3.56. The van der Waals surface area contributed by atoms with Gasteiger partial charge in [-0.3, -0.25) is 0 Å². The summed E-state index contributed by atoms with van der Waals surface area (Å²) in [5.74, 6) is 0.527. The summed E-state index contributed by atoms with van der Waals surface area (Å²) < 4.78 is 0. The van der Waals surface area contributed by atoms with Crippen LogP contribution in [0.2, 0.25) is 0 Å². The van der Waals surface area contributed by atoms with E-state index in [0.717, 1.165) is 5.69 Å². The molecule has 4 heteroatoms. The molecule has 0 unspecified atom stereocenters. The maximum atomic E-state index is 9.54. The molecule has 0 aromatic carbocycles. The molecule has 0 saturated heterocycles. The molecule has 2 N–H and O–H groups in total. The van der Waals surface area contributed by atoms with E-state index in [2.05, 4.69) is 16.4 Å². The van der Waals surface area contributed by atoms with Gasteiger partial charge in [-0.1, -0.05) is 0 Å². The lowest BCUT2D eigenvalue weighted by molar-refractivity contribution is 0.0944. The Bertz CT molecular complexity index is 388. The van der Waals surface area contributed by atoms with Crippen molar-refractivity contribution in [3.8, 4) is 6.07 Å². The number of nitriles is 1. The van der Waals surface area contributed by atoms with Crippen LogP contribution in [-0.4, -0.2) is 22.2 Å². The molecule has 0 saturated carbocycles. The van der Waals surface area contributed by atoms with Gasteiger partial charge in [0.2, 0.25) is 0 Å². The minimum atomic E-state index is -0.821. The number of aryl methyl sites for hydroxylation is 1. The second-order valence-electron chi connectivity index (χ2n) is 4.13. The first-order valence-electron chi connectivity index (χ1n) is 4.76. The molecule has 1 rings (SSSR count). The molecular weight excluding hydrogens is 190 g/mol. The molecule has 0 bridgehead atoms. The number of anilines is 1. The Hall–Kier alpha value is -1.60. The van der Waals surface area contributed by atoms with Gasteiger partial charge in [-0.05, 0) is 32.9 Å². The van der Waals surface area contributed by atoms with Crippen LogP contribution in [0.4, 0.5) is 5.82 Å². The van der Waals surface area contributed by atoms with Crippen LogP contribution in [0.25, 0.3) is 0 Å². The van der Waals surface area contributed by atoms with Crippen molar-refractivity contribution < 1.29 is 5.11 Å². The summed E-state index contributed by atoms with van der Waals surface area (Å²) in [6.45, 7) is 5.61. The second-order valence-corrected chi connectivity index (χ2v) is 4.13. The molecule has 0 fully saturated rings. The average Bonchev–Trinajstić information content (AvgIpc) is 2.14. The summed E-state index contributed by atoms with van der Waals surface area (Å²) in [6, 6.07) is 5.56. The Balaban J connectivity index is 2.85. The minimum absolute atomic E-state index is 0.359. The maximum absolute atomic E-state index is 9.54. The van der Waals surface area contributed by atoms with Gasteiger partial charge in [-0.25, -0.2) is 4.98 Å². The standard InChI is InChI=1S/C11H15N3O/c1-8-4-5-9(6-12)10(14-8)13-7-11(2,3)15/h4-5,15H,7H2,1-3H3,(H,13,14). The number of nitrogens with zero attached hydrogens (tertiary/aromatic N) is 2. The van der Waals surface area contributed by atoms with Gasteiger partial charge >= 0.3 is 0 Å². The highest BCUT2D eigenvalue weighted by molar-refractivity contribution is 5.52. The third-order valence-corrected chi connectivity index (χ3v) is 1.84. The van der Waals surface area contributed by atoms with Crippen molar-refractivity contribution in [2.24, 2.45) is 0 Å².